The van der Waals surface area contributed by atoms with Crippen LogP contribution in [0.3, 0.4) is 0 Å². The molecule has 2 aromatic carbocycles. The molecule has 0 aromatic heterocycles. The number of benzene rings is 2. The Balaban J connectivity index is 2.23. The lowest BCUT2D eigenvalue weighted by Gasteiger charge is -2.08. The number of nitrogen functional groups attached to an aromatic ring is 1. The zero-order chi connectivity index (χ0) is 12.3. The highest BCUT2D eigenvalue weighted by atomic mass is 79.9. The predicted octanol–water partition coefficient (Wildman–Crippen LogP) is 3.83. The number of methoxy groups -OCH3 is 1. The molecular formula is C13H12BrNO2. The van der Waals surface area contributed by atoms with Crippen LogP contribution in [0.25, 0.3) is 0 Å². The molecule has 0 spiro atoms. The van der Waals surface area contributed by atoms with Crippen molar-refractivity contribution in [3.8, 4) is 17.2 Å². The minimum atomic E-state index is 0.608. The van der Waals surface area contributed by atoms with E-state index in [0.717, 1.165) is 10.2 Å². The summed E-state index contributed by atoms with van der Waals surface area (Å²) < 4.78 is 11.8. The van der Waals surface area contributed by atoms with Crippen molar-refractivity contribution >= 4 is 21.6 Å². The number of ether oxygens (including phenoxy) is 2. The lowest BCUT2D eigenvalue weighted by Crippen LogP contribution is -1.91. The van der Waals surface area contributed by atoms with Gasteiger partial charge in [0.2, 0.25) is 0 Å². The SMILES string of the molecule is COc1cc(N)cc(Oc2ccc(Br)cc2)c1. The third-order valence-electron chi connectivity index (χ3n) is 2.19. The Bertz CT molecular complexity index is 511. The zero-order valence-corrected chi connectivity index (χ0v) is 10.9. The summed E-state index contributed by atoms with van der Waals surface area (Å²) in [4.78, 5) is 0. The highest BCUT2D eigenvalue weighted by Crippen LogP contribution is 2.28. The van der Waals surface area contributed by atoms with Crippen LogP contribution in [0.4, 0.5) is 5.69 Å². The fourth-order valence-corrected chi connectivity index (χ4v) is 1.67. The highest BCUT2D eigenvalue weighted by Gasteiger charge is 2.01. The van der Waals surface area contributed by atoms with Gasteiger partial charge in [-0.05, 0) is 24.3 Å². The maximum atomic E-state index is 5.75. The summed E-state index contributed by atoms with van der Waals surface area (Å²) in [5.41, 5.74) is 6.35. The molecule has 2 rings (SSSR count). The third-order valence-corrected chi connectivity index (χ3v) is 2.72. The fourth-order valence-electron chi connectivity index (χ4n) is 1.41. The summed E-state index contributed by atoms with van der Waals surface area (Å²) in [6, 6.07) is 12.9. The van der Waals surface area contributed by atoms with Crippen LogP contribution in [-0.2, 0) is 0 Å². The monoisotopic (exact) mass is 293 g/mol. The molecule has 4 heteroatoms. The minimum absolute atomic E-state index is 0.608. The molecule has 0 saturated carbocycles. The van der Waals surface area contributed by atoms with Crippen molar-refractivity contribution in [2.75, 3.05) is 12.8 Å². The van der Waals surface area contributed by atoms with Gasteiger partial charge in [0, 0.05) is 28.4 Å². The molecule has 2 N–H and O–H groups in total. The number of hydrogen-bond donors (Lipinski definition) is 1. The fraction of sp³-hybridized carbons (Fsp3) is 0.0769. The first kappa shape index (κ1) is 11.8. The molecule has 0 heterocycles. The van der Waals surface area contributed by atoms with E-state index in [1.807, 2.05) is 24.3 Å². The van der Waals surface area contributed by atoms with E-state index in [1.54, 1.807) is 25.3 Å². The highest BCUT2D eigenvalue weighted by molar-refractivity contribution is 9.10. The number of rotatable bonds is 3. The van der Waals surface area contributed by atoms with Crippen molar-refractivity contribution < 1.29 is 9.47 Å². The largest absolute Gasteiger partial charge is 0.497 e. The molecule has 0 aliphatic rings. The Labute approximate surface area is 108 Å². The van der Waals surface area contributed by atoms with E-state index in [4.69, 9.17) is 15.2 Å². The maximum absolute atomic E-state index is 5.75. The van der Waals surface area contributed by atoms with Crippen LogP contribution in [0.2, 0.25) is 0 Å². The molecule has 0 aliphatic heterocycles. The number of hydrogen-bond acceptors (Lipinski definition) is 3. The van der Waals surface area contributed by atoms with Crippen LogP contribution in [0, 0.1) is 0 Å². The van der Waals surface area contributed by atoms with Gasteiger partial charge < -0.3 is 15.2 Å². The predicted molar refractivity (Wildman–Crippen MR) is 71.6 cm³/mol. The van der Waals surface area contributed by atoms with Gasteiger partial charge in [-0.3, -0.25) is 0 Å². The van der Waals surface area contributed by atoms with E-state index in [1.165, 1.54) is 0 Å². The Morgan fingerprint density at radius 2 is 1.59 bits per heavy atom. The number of anilines is 1. The van der Waals surface area contributed by atoms with Crippen LogP contribution in [0.15, 0.2) is 46.9 Å². The van der Waals surface area contributed by atoms with Gasteiger partial charge in [0.25, 0.3) is 0 Å². The minimum Gasteiger partial charge on any atom is -0.497 e. The second-order valence-corrected chi connectivity index (χ2v) is 4.41. The molecular weight excluding hydrogens is 282 g/mol. The van der Waals surface area contributed by atoms with Gasteiger partial charge in [0.15, 0.2) is 0 Å². The topological polar surface area (TPSA) is 44.5 Å². The van der Waals surface area contributed by atoms with Crippen LogP contribution in [-0.4, -0.2) is 7.11 Å². The quantitative estimate of drug-likeness (QED) is 0.875. The van der Waals surface area contributed by atoms with Gasteiger partial charge in [0.1, 0.15) is 17.2 Å². The Kier molecular flexibility index (Phi) is 3.54. The van der Waals surface area contributed by atoms with Crippen molar-refractivity contribution in [1.82, 2.24) is 0 Å². The van der Waals surface area contributed by atoms with Crippen molar-refractivity contribution in [1.29, 1.82) is 0 Å². The molecule has 3 nitrogen and oxygen atoms in total. The summed E-state index contributed by atoms with van der Waals surface area (Å²) in [5, 5.41) is 0. The molecule has 0 aliphatic carbocycles. The summed E-state index contributed by atoms with van der Waals surface area (Å²) in [7, 11) is 1.60. The van der Waals surface area contributed by atoms with Crippen LogP contribution < -0.4 is 15.2 Å². The first-order valence-electron chi connectivity index (χ1n) is 5.05. The lowest BCUT2D eigenvalue weighted by atomic mass is 10.3. The average molecular weight is 294 g/mol. The molecule has 17 heavy (non-hydrogen) atoms. The van der Waals surface area contributed by atoms with Crippen LogP contribution in [0.5, 0.6) is 17.2 Å². The van der Waals surface area contributed by atoms with Gasteiger partial charge in [-0.1, -0.05) is 15.9 Å². The Morgan fingerprint density at radius 1 is 0.941 bits per heavy atom. The van der Waals surface area contributed by atoms with Crippen molar-refractivity contribution in [3.05, 3.63) is 46.9 Å². The van der Waals surface area contributed by atoms with Crippen LogP contribution >= 0.6 is 15.9 Å². The molecule has 0 fully saturated rings. The summed E-state index contributed by atoms with van der Waals surface area (Å²) in [5.74, 6) is 2.09. The van der Waals surface area contributed by atoms with E-state index in [0.29, 0.717) is 17.2 Å². The maximum Gasteiger partial charge on any atom is 0.133 e. The van der Waals surface area contributed by atoms with E-state index >= 15 is 0 Å². The molecule has 0 bridgehead atoms. The van der Waals surface area contributed by atoms with Crippen molar-refractivity contribution in [2.45, 2.75) is 0 Å². The first-order valence-corrected chi connectivity index (χ1v) is 5.84. The lowest BCUT2D eigenvalue weighted by molar-refractivity contribution is 0.409. The molecule has 0 unspecified atom stereocenters. The molecule has 2 aromatic rings. The number of nitrogens with two attached hydrogens (primary N) is 1. The van der Waals surface area contributed by atoms with E-state index in [9.17, 15) is 0 Å². The normalized spacial score (nSPS) is 10.0. The molecule has 0 radical (unpaired) electrons. The van der Waals surface area contributed by atoms with E-state index < -0.39 is 0 Å². The molecule has 0 amide bonds. The van der Waals surface area contributed by atoms with Crippen molar-refractivity contribution in [2.24, 2.45) is 0 Å². The average Bonchev–Trinajstić information content (AvgIpc) is 2.31. The molecule has 88 valence electrons. The van der Waals surface area contributed by atoms with Gasteiger partial charge in [-0.2, -0.15) is 0 Å². The second-order valence-electron chi connectivity index (χ2n) is 3.50. The zero-order valence-electron chi connectivity index (χ0n) is 9.31. The molecule has 0 atom stereocenters. The van der Waals surface area contributed by atoms with Gasteiger partial charge in [0.05, 0.1) is 7.11 Å². The van der Waals surface area contributed by atoms with E-state index in [-0.39, 0.29) is 0 Å². The first-order chi connectivity index (χ1) is 8.17. The van der Waals surface area contributed by atoms with E-state index in [2.05, 4.69) is 15.9 Å². The number of halogens is 1. The summed E-state index contributed by atoms with van der Waals surface area (Å²) in [6.07, 6.45) is 0. The smallest absolute Gasteiger partial charge is 0.133 e. The molecule has 0 saturated heterocycles. The summed E-state index contributed by atoms with van der Waals surface area (Å²) in [6.45, 7) is 0. The van der Waals surface area contributed by atoms with Crippen molar-refractivity contribution in [3.63, 3.8) is 0 Å². The Hall–Kier alpha value is -1.68. The standard InChI is InChI=1S/C13H12BrNO2/c1-16-12-6-10(15)7-13(8-12)17-11-4-2-9(14)3-5-11/h2-8H,15H2,1H3. The third kappa shape index (κ3) is 3.14. The second kappa shape index (κ2) is 5.10. The van der Waals surface area contributed by atoms with Crippen LogP contribution in [0.1, 0.15) is 0 Å². The van der Waals surface area contributed by atoms with Gasteiger partial charge in [-0.15, -0.1) is 0 Å². The van der Waals surface area contributed by atoms with Gasteiger partial charge >= 0.3 is 0 Å². The summed E-state index contributed by atoms with van der Waals surface area (Å²) >= 11 is 3.37. The Morgan fingerprint density at radius 3 is 2.24 bits per heavy atom. The van der Waals surface area contributed by atoms with Gasteiger partial charge in [-0.25, -0.2) is 0 Å².